The predicted molar refractivity (Wildman–Crippen MR) is 84.6 cm³/mol. The molecule has 118 valence electrons. The Morgan fingerprint density at radius 2 is 2.09 bits per heavy atom. The van der Waals surface area contributed by atoms with Crippen LogP contribution in [0.2, 0.25) is 0 Å². The van der Waals surface area contributed by atoms with Crippen LogP contribution in [0.25, 0.3) is 0 Å². The summed E-state index contributed by atoms with van der Waals surface area (Å²) in [6.45, 7) is 2.79. The molecule has 6 heteroatoms. The SMILES string of the molecule is NCCC1CCN(C(=O)c2ccc3c(c2)CNC(=O)N3)CC1. The van der Waals surface area contributed by atoms with E-state index in [1.165, 1.54) is 0 Å². The topological polar surface area (TPSA) is 87.5 Å². The van der Waals surface area contributed by atoms with E-state index in [0.717, 1.165) is 50.1 Å². The first-order valence-corrected chi connectivity index (χ1v) is 7.84. The molecule has 22 heavy (non-hydrogen) atoms. The fourth-order valence-electron chi connectivity index (χ4n) is 3.18. The summed E-state index contributed by atoms with van der Waals surface area (Å²) in [5.41, 5.74) is 8.02. The molecule has 3 rings (SSSR count). The van der Waals surface area contributed by atoms with Crippen LogP contribution in [0.15, 0.2) is 18.2 Å². The van der Waals surface area contributed by atoms with Crippen LogP contribution in [0.3, 0.4) is 0 Å². The van der Waals surface area contributed by atoms with Gasteiger partial charge in [0.05, 0.1) is 0 Å². The van der Waals surface area contributed by atoms with E-state index >= 15 is 0 Å². The number of urea groups is 1. The molecule has 0 spiro atoms. The Hall–Kier alpha value is -2.08. The third-order valence-electron chi connectivity index (χ3n) is 4.52. The highest BCUT2D eigenvalue weighted by atomic mass is 16.2. The Morgan fingerprint density at radius 3 is 2.82 bits per heavy atom. The number of hydrogen-bond acceptors (Lipinski definition) is 3. The number of benzene rings is 1. The molecule has 0 radical (unpaired) electrons. The molecular weight excluding hydrogens is 280 g/mol. The Labute approximate surface area is 130 Å². The van der Waals surface area contributed by atoms with Gasteiger partial charge in [0.15, 0.2) is 0 Å². The summed E-state index contributed by atoms with van der Waals surface area (Å²) in [5, 5.41) is 5.46. The molecule has 0 aliphatic carbocycles. The van der Waals surface area contributed by atoms with Crippen molar-refractivity contribution in [3.63, 3.8) is 0 Å². The van der Waals surface area contributed by atoms with Crippen molar-refractivity contribution >= 4 is 17.6 Å². The number of piperidine rings is 1. The van der Waals surface area contributed by atoms with Gasteiger partial charge in [-0.1, -0.05) is 0 Å². The summed E-state index contributed by atoms with van der Waals surface area (Å²) in [6.07, 6.45) is 3.11. The van der Waals surface area contributed by atoms with Crippen LogP contribution in [0.1, 0.15) is 35.2 Å². The minimum absolute atomic E-state index is 0.0749. The number of carbonyl (C=O) groups is 2. The molecule has 0 saturated carbocycles. The molecule has 0 bridgehead atoms. The lowest BCUT2D eigenvalue weighted by Crippen LogP contribution is -2.39. The summed E-state index contributed by atoms with van der Waals surface area (Å²) in [4.78, 5) is 25.8. The molecule has 1 aromatic rings. The van der Waals surface area contributed by atoms with Crippen LogP contribution in [-0.2, 0) is 6.54 Å². The van der Waals surface area contributed by atoms with Gasteiger partial charge in [0.1, 0.15) is 0 Å². The standard InChI is InChI=1S/C16H22N4O2/c17-6-3-11-4-7-20(8-5-11)15(21)12-1-2-14-13(9-12)10-18-16(22)19-14/h1-2,9,11H,3-8,10,17H2,(H2,18,19,22). The second-order valence-corrected chi connectivity index (χ2v) is 5.99. The van der Waals surface area contributed by atoms with Gasteiger partial charge < -0.3 is 21.3 Å². The quantitative estimate of drug-likeness (QED) is 0.791. The van der Waals surface area contributed by atoms with Gasteiger partial charge >= 0.3 is 6.03 Å². The van der Waals surface area contributed by atoms with E-state index in [9.17, 15) is 9.59 Å². The number of nitrogens with two attached hydrogens (primary N) is 1. The average Bonchev–Trinajstić information content (AvgIpc) is 2.55. The van der Waals surface area contributed by atoms with Crippen molar-refractivity contribution in [1.82, 2.24) is 10.2 Å². The lowest BCUT2D eigenvalue weighted by molar-refractivity contribution is 0.0688. The molecule has 1 saturated heterocycles. The molecule has 3 amide bonds. The normalized spacial score (nSPS) is 18.4. The van der Waals surface area contributed by atoms with Crippen molar-refractivity contribution in [3.05, 3.63) is 29.3 Å². The first-order chi connectivity index (χ1) is 10.7. The monoisotopic (exact) mass is 302 g/mol. The molecule has 2 aliphatic heterocycles. The van der Waals surface area contributed by atoms with Gasteiger partial charge in [-0.2, -0.15) is 0 Å². The molecule has 2 aliphatic rings. The zero-order chi connectivity index (χ0) is 15.5. The first kappa shape index (κ1) is 14.8. The average molecular weight is 302 g/mol. The van der Waals surface area contributed by atoms with Crippen LogP contribution >= 0.6 is 0 Å². The van der Waals surface area contributed by atoms with Crippen molar-refractivity contribution in [2.24, 2.45) is 11.7 Å². The van der Waals surface area contributed by atoms with Crippen molar-refractivity contribution in [1.29, 1.82) is 0 Å². The molecule has 0 atom stereocenters. The second kappa shape index (κ2) is 6.36. The van der Waals surface area contributed by atoms with E-state index in [1.54, 1.807) is 6.07 Å². The highest BCUT2D eigenvalue weighted by Crippen LogP contribution is 2.24. The molecule has 1 aromatic carbocycles. The minimum Gasteiger partial charge on any atom is -0.339 e. The van der Waals surface area contributed by atoms with Gasteiger partial charge in [-0.15, -0.1) is 0 Å². The molecule has 4 N–H and O–H groups in total. The van der Waals surface area contributed by atoms with Crippen molar-refractivity contribution in [2.45, 2.75) is 25.8 Å². The van der Waals surface area contributed by atoms with Gasteiger partial charge in [-0.3, -0.25) is 4.79 Å². The van der Waals surface area contributed by atoms with Crippen molar-refractivity contribution < 1.29 is 9.59 Å². The van der Waals surface area contributed by atoms with Crippen LogP contribution in [0.4, 0.5) is 10.5 Å². The van der Waals surface area contributed by atoms with Crippen LogP contribution in [0, 0.1) is 5.92 Å². The number of carbonyl (C=O) groups excluding carboxylic acids is 2. The van der Waals surface area contributed by atoms with Crippen LogP contribution in [-0.4, -0.2) is 36.5 Å². The molecule has 1 fully saturated rings. The van der Waals surface area contributed by atoms with E-state index in [4.69, 9.17) is 5.73 Å². The number of amides is 3. The van der Waals surface area contributed by atoms with E-state index in [-0.39, 0.29) is 11.9 Å². The number of nitrogens with zero attached hydrogens (tertiary/aromatic N) is 1. The molecule has 0 aromatic heterocycles. The number of fused-ring (bicyclic) bond motifs is 1. The fraction of sp³-hybridized carbons (Fsp3) is 0.500. The zero-order valence-electron chi connectivity index (χ0n) is 12.6. The van der Waals surface area contributed by atoms with E-state index < -0.39 is 0 Å². The number of hydrogen-bond donors (Lipinski definition) is 3. The number of likely N-dealkylation sites (tertiary alicyclic amines) is 1. The maximum absolute atomic E-state index is 12.6. The summed E-state index contributed by atoms with van der Waals surface area (Å²) in [7, 11) is 0. The van der Waals surface area contributed by atoms with Gasteiger partial charge in [0.2, 0.25) is 0 Å². The largest absolute Gasteiger partial charge is 0.339 e. The van der Waals surface area contributed by atoms with Crippen LogP contribution in [0.5, 0.6) is 0 Å². The van der Waals surface area contributed by atoms with Crippen LogP contribution < -0.4 is 16.4 Å². The Morgan fingerprint density at radius 1 is 1.32 bits per heavy atom. The molecule has 6 nitrogen and oxygen atoms in total. The van der Waals surface area contributed by atoms with Gasteiger partial charge in [-0.25, -0.2) is 4.79 Å². The number of nitrogens with one attached hydrogen (secondary N) is 2. The van der Waals surface area contributed by atoms with Crippen molar-refractivity contribution in [2.75, 3.05) is 25.0 Å². The predicted octanol–water partition coefficient (Wildman–Crippen LogP) is 1.52. The van der Waals surface area contributed by atoms with Gasteiger partial charge in [0.25, 0.3) is 5.91 Å². The lowest BCUT2D eigenvalue weighted by Gasteiger charge is -2.32. The molecule has 2 heterocycles. The van der Waals surface area contributed by atoms with Gasteiger partial charge in [0, 0.05) is 30.9 Å². The number of rotatable bonds is 3. The lowest BCUT2D eigenvalue weighted by atomic mass is 9.93. The first-order valence-electron chi connectivity index (χ1n) is 7.84. The maximum Gasteiger partial charge on any atom is 0.319 e. The number of anilines is 1. The molecular formula is C16H22N4O2. The molecule has 0 unspecified atom stereocenters. The van der Waals surface area contributed by atoms with E-state index in [0.29, 0.717) is 18.0 Å². The van der Waals surface area contributed by atoms with E-state index in [2.05, 4.69) is 10.6 Å². The summed E-state index contributed by atoms with van der Waals surface area (Å²) < 4.78 is 0. The minimum atomic E-state index is -0.200. The third-order valence-corrected chi connectivity index (χ3v) is 4.52. The highest BCUT2D eigenvalue weighted by Gasteiger charge is 2.24. The summed E-state index contributed by atoms with van der Waals surface area (Å²) in [5.74, 6) is 0.725. The Kier molecular flexibility index (Phi) is 4.29. The van der Waals surface area contributed by atoms with Crippen molar-refractivity contribution in [3.8, 4) is 0 Å². The fourth-order valence-corrected chi connectivity index (χ4v) is 3.18. The third kappa shape index (κ3) is 3.06. The maximum atomic E-state index is 12.6. The zero-order valence-corrected chi connectivity index (χ0v) is 12.6. The van der Waals surface area contributed by atoms with Gasteiger partial charge in [-0.05, 0) is 55.5 Å². The smallest absolute Gasteiger partial charge is 0.319 e. The van der Waals surface area contributed by atoms with E-state index in [1.807, 2.05) is 17.0 Å². The summed E-state index contributed by atoms with van der Waals surface area (Å²) >= 11 is 0. The summed E-state index contributed by atoms with van der Waals surface area (Å²) in [6, 6.07) is 5.27. The Balaban J connectivity index is 1.67. The highest BCUT2D eigenvalue weighted by molar-refractivity contribution is 5.97. The second-order valence-electron chi connectivity index (χ2n) is 5.99. The Bertz CT molecular complexity index is 580.